The molecule has 27 heavy (non-hydrogen) atoms. The van der Waals surface area contributed by atoms with Crippen LogP contribution in [-0.4, -0.2) is 29.2 Å². The lowest BCUT2D eigenvalue weighted by Gasteiger charge is -2.28. The van der Waals surface area contributed by atoms with E-state index in [1.54, 1.807) is 17.0 Å². The highest BCUT2D eigenvalue weighted by Crippen LogP contribution is 2.19. The molecule has 6 nitrogen and oxygen atoms in total. The standard InChI is InChI=1S/C21H27N3O3/c1-21(2,3)27-20(26)24(14-13-16-9-5-4-6-10-16)15-17-11-7-8-12-18(17)23-19(22)25/h4-12H,13-15H2,1-3H3,(H3,22,23,25). The van der Waals surface area contributed by atoms with Crippen LogP contribution in [0.15, 0.2) is 54.6 Å². The number of urea groups is 1. The van der Waals surface area contributed by atoms with Crippen LogP contribution in [0, 0.1) is 0 Å². The van der Waals surface area contributed by atoms with E-state index in [9.17, 15) is 9.59 Å². The second kappa shape index (κ2) is 9.07. The summed E-state index contributed by atoms with van der Waals surface area (Å²) in [5.41, 5.74) is 7.16. The Morgan fingerprint density at radius 1 is 1.04 bits per heavy atom. The van der Waals surface area contributed by atoms with Gasteiger partial charge in [0.25, 0.3) is 0 Å². The van der Waals surface area contributed by atoms with Crippen LogP contribution < -0.4 is 11.1 Å². The number of nitrogens with two attached hydrogens (primary N) is 1. The molecule has 144 valence electrons. The molecule has 2 rings (SSSR count). The first-order valence-corrected chi connectivity index (χ1v) is 8.91. The lowest BCUT2D eigenvalue weighted by Crippen LogP contribution is -2.38. The molecular formula is C21H27N3O3. The second-order valence-electron chi connectivity index (χ2n) is 7.28. The maximum atomic E-state index is 12.7. The molecule has 6 heteroatoms. The molecular weight excluding hydrogens is 342 g/mol. The second-order valence-corrected chi connectivity index (χ2v) is 7.28. The number of anilines is 1. The van der Waals surface area contributed by atoms with Crippen LogP contribution in [-0.2, 0) is 17.7 Å². The van der Waals surface area contributed by atoms with Crippen LogP contribution in [0.3, 0.4) is 0 Å². The molecule has 0 saturated heterocycles. The number of nitrogens with one attached hydrogen (secondary N) is 1. The van der Waals surface area contributed by atoms with E-state index in [2.05, 4.69) is 5.32 Å². The lowest BCUT2D eigenvalue weighted by atomic mass is 10.1. The third-order valence-corrected chi connectivity index (χ3v) is 3.80. The monoisotopic (exact) mass is 369 g/mol. The minimum Gasteiger partial charge on any atom is -0.444 e. The summed E-state index contributed by atoms with van der Waals surface area (Å²) in [6.45, 7) is 6.30. The summed E-state index contributed by atoms with van der Waals surface area (Å²) >= 11 is 0. The molecule has 0 fully saturated rings. The summed E-state index contributed by atoms with van der Waals surface area (Å²) in [6, 6.07) is 16.6. The molecule has 0 bridgehead atoms. The molecule has 2 aromatic carbocycles. The summed E-state index contributed by atoms with van der Waals surface area (Å²) < 4.78 is 5.56. The summed E-state index contributed by atoms with van der Waals surface area (Å²) in [6.07, 6.45) is 0.304. The number of carbonyl (C=O) groups is 2. The van der Waals surface area contributed by atoms with Gasteiger partial charge < -0.3 is 20.7 Å². The Kier molecular flexibility index (Phi) is 6.82. The number of para-hydroxylation sites is 1. The normalized spacial score (nSPS) is 10.9. The molecule has 0 saturated carbocycles. The fraction of sp³-hybridized carbons (Fsp3) is 0.333. The fourth-order valence-electron chi connectivity index (χ4n) is 2.59. The van der Waals surface area contributed by atoms with Gasteiger partial charge in [0, 0.05) is 12.2 Å². The molecule has 0 aromatic heterocycles. The number of rotatable bonds is 6. The molecule has 0 atom stereocenters. The van der Waals surface area contributed by atoms with Gasteiger partial charge in [-0.15, -0.1) is 0 Å². The number of nitrogens with zero attached hydrogens (tertiary/aromatic N) is 1. The van der Waals surface area contributed by atoms with Crippen molar-refractivity contribution in [3.05, 3.63) is 65.7 Å². The van der Waals surface area contributed by atoms with Gasteiger partial charge >= 0.3 is 12.1 Å². The largest absolute Gasteiger partial charge is 0.444 e. The molecule has 0 radical (unpaired) electrons. The predicted octanol–water partition coefficient (Wildman–Crippen LogP) is 4.16. The number of hydrogen-bond acceptors (Lipinski definition) is 3. The van der Waals surface area contributed by atoms with E-state index in [-0.39, 0.29) is 0 Å². The zero-order chi connectivity index (χ0) is 19.9. The first kappa shape index (κ1) is 20.3. The zero-order valence-electron chi connectivity index (χ0n) is 16.1. The summed E-state index contributed by atoms with van der Waals surface area (Å²) in [7, 11) is 0. The van der Waals surface area contributed by atoms with Crippen LogP contribution in [0.2, 0.25) is 0 Å². The van der Waals surface area contributed by atoms with Crippen molar-refractivity contribution in [2.24, 2.45) is 5.73 Å². The highest BCUT2D eigenvalue weighted by Gasteiger charge is 2.23. The van der Waals surface area contributed by atoms with Crippen LogP contribution in [0.25, 0.3) is 0 Å². The van der Waals surface area contributed by atoms with Crippen LogP contribution in [0.5, 0.6) is 0 Å². The van der Waals surface area contributed by atoms with Crippen molar-refractivity contribution in [3.8, 4) is 0 Å². The lowest BCUT2D eigenvalue weighted by molar-refractivity contribution is 0.0236. The molecule has 3 amide bonds. The van der Waals surface area contributed by atoms with E-state index >= 15 is 0 Å². The number of benzene rings is 2. The van der Waals surface area contributed by atoms with Gasteiger partial charge in [-0.05, 0) is 44.4 Å². The Morgan fingerprint density at radius 3 is 2.30 bits per heavy atom. The van der Waals surface area contributed by atoms with Crippen molar-refractivity contribution in [1.29, 1.82) is 0 Å². The van der Waals surface area contributed by atoms with Gasteiger partial charge in [-0.25, -0.2) is 9.59 Å². The fourth-order valence-corrected chi connectivity index (χ4v) is 2.59. The van der Waals surface area contributed by atoms with Crippen LogP contribution >= 0.6 is 0 Å². The third-order valence-electron chi connectivity index (χ3n) is 3.80. The van der Waals surface area contributed by atoms with Gasteiger partial charge in [0.15, 0.2) is 0 Å². The van der Waals surface area contributed by atoms with Crippen molar-refractivity contribution in [3.63, 3.8) is 0 Å². The average molecular weight is 369 g/mol. The maximum absolute atomic E-state index is 12.7. The van der Waals surface area contributed by atoms with Crippen LogP contribution in [0.1, 0.15) is 31.9 Å². The molecule has 3 N–H and O–H groups in total. The number of amides is 3. The van der Waals surface area contributed by atoms with Gasteiger partial charge in [-0.1, -0.05) is 48.5 Å². The maximum Gasteiger partial charge on any atom is 0.410 e. The van der Waals surface area contributed by atoms with Gasteiger partial charge in [0.2, 0.25) is 0 Å². The molecule has 0 aliphatic heterocycles. The van der Waals surface area contributed by atoms with Crippen molar-refractivity contribution >= 4 is 17.8 Å². The Hall–Kier alpha value is -3.02. The number of carbonyl (C=O) groups excluding carboxylic acids is 2. The quantitative estimate of drug-likeness (QED) is 0.802. The van der Waals surface area contributed by atoms with E-state index in [1.807, 2.05) is 63.2 Å². The van der Waals surface area contributed by atoms with Gasteiger partial charge in [-0.3, -0.25) is 0 Å². The van der Waals surface area contributed by atoms with E-state index in [4.69, 9.17) is 10.5 Å². The van der Waals surface area contributed by atoms with E-state index in [0.29, 0.717) is 25.2 Å². The van der Waals surface area contributed by atoms with Crippen LogP contribution in [0.4, 0.5) is 15.3 Å². The van der Waals surface area contributed by atoms with Gasteiger partial charge in [-0.2, -0.15) is 0 Å². The number of hydrogen-bond donors (Lipinski definition) is 2. The number of ether oxygens (including phenoxy) is 1. The Labute approximate surface area is 160 Å². The van der Waals surface area contributed by atoms with E-state index < -0.39 is 17.7 Å². The highest BCUT2D eigenvalue weighted by molar-refractivity contribution is 5.88. The minimum absolute atomic E-state index is 0.304. The summed E-state index contributed by atoms with van der Waals surface area (Å²) in [4.78, 5) is 25.6. The Morgan fingerprint density at radius 2 is 1.67 bits per heavy atom. The van der Waals surface area contributed by atoms with Crippen molar-refractivity contribution in [2.75, 3.05) is 11.9 Å². The van der Waals surface area contributed by atoms with E-state index in [1.165, 1.54) is 0 Å². The van der Waals surface area contributed by atoms with Gasteiger partial charge in [0.1, 0.15) is 5.60 Å². The summed E-state index contributed by atoms with van der Waals surface area (Å²) in [5.74, 6) is 0. The molecule has 0 spiro atoms. The molecule has 0 heterocycles. The first-order chi connectivity index (χ1) is 12.7. The first-order valence-electron chi connectivity index (χ1n) is 8.91. The SMILES string of the molecule is CC(C)(C)OC(=O)N(CCc1ccccc1)Cc1ccccc1NC(N)=O. The number of primary amides is 1. The third kappa shape index (κ3) is 7.01. The Balaban J connectivity index is 2.19. The van der Waals surface area contributed by atoms with E-state index in [0.717, 1.165) is 11.1 Å². The highest BCUT2D eigenvalue weighted by atomic mass is 16.6. The minimum atomic E-state index is -0.643. The Bertz CT molecular complexity index is 770. The average Bonchev–Trinajstić information content (AvgIpc) is 2.59. The van der Waals surface area contributed by atoms with Gasteiger partial charge in [0.05, 0.1) is 6.54 Å². The molecule has 2 aromatic rings. The van der Waals surface area contributed by atoms with Crippen molar-refractivity contribution < 1.29 is 14.3 Å². The summed E-state index contributed by atoms with van der Waals surface area (Å²) in [5, 5.41) is 2.60. The van der Waals surface area contributed by atoms with Crippen molar-refractivity contribution in [2.45, 2.75) is 39.3 Å². The topological polar surface area (TPSA) is 84.7 Å². The zero-order valence-corrected chi connectivity index (χ0v) is 16.1. The smallest absolute Gasteiger partial charge is 0.410 e. The molecule has 0 aliphatic rings. The van der Waals surface area contributed by atoms with Crippen molar-refractivity contribution in [1.82, 2.24) is 4.90 Å². The molecule has 0 unspecified atom stereocenters. The molecule has 0 aliphatic carbocycles. The predicted molar refractivity (Wildman–Crippen MR) is 106 cm³/mol.